The van der Waals surface area contributed by atoms with E-state index < -0.39 is 35.6 Å². The number of rotatable bonds is 6. The molecule has 3 rings (SSSR count). The van der Waals surface area contributed by atoms with Crippen molar-refractivity contribution in [1.29, 1.82) is 0 Å². The maximum Gasteiger partial charge on any atom is 0.451 e. The standard InChI is InChI=1S/C19H21F5O4/c1-2-3-11-4-5-16(25-8-11)12-9-26-18(27-10-12)19(23,24)28-13-6-14(20)17(22)15(21)7-13/h6-8,12,16,18H,2-5,9-10H2,1H3. The maximum absolute atomic E-state index is 14.2. The van der Waals surface area contributed by atoms with Gasteiger partial charge in [0.25, 0.3) is 6.29 Å². The van der Waals surface area contributed by atoms with Crippen molar-refractivity contribution in [3.8, 4) is 5.75 Å². The molecule has 9 heteroatoms. The fourth-order valence-electron chi connectivity index (χ4n) is 3.21. The molecule has 1 saturated heterocycles. The summed E-state index contributed by atoms with van der Waals surface area (Å²) in [5.74, 6) is -6.15. The third-order valence-electron chi connectivity index (χ3n) is 4.67. The van der Waals surface area contributed by atoms with Gasteiger partial charge in [0.05, 0.1) is 19.5 Å². The second kappa shape index (κ2) is 8.65. The van der Waals surface area contributed by atoms with Crippen molar-refractivity contribution in [2.45, 2.75) is 51.1 Å². The molecule has 28 heavy (non-hydrogen) atoms. The first-order chi connectivity index (χ1) is 13.3. The number of hydrogen-bond acceptors (Lipinski definition) is 4. The lowest BCUT2D eigenvalue weighted by molar-refractivity contribution is -0.355. The molecule has 1 aromatic rings. The van der Waals surface area contributed by atoms with Crippen LogP contribution >= 0.6 is 0 Å². The van der Waals surface area contributed by atoms with Gasteiger partial charge >= 0.3 is 6.11 Å². The van der Waals surface area contributed by atoms with E-state index in [2.05, 4.69) is 11.7 Å². The van der Waals surface area contributed by atoms with Gasteiger partial charge in [-0.3, -0.25) is 0 Å². The molecule has 1 aromatic carbocycles. The molecular formula is C19H21F5O4. The largest absolute Gasteiger partial charge is 0.498 e. The molecule has 0 spiro atoms. The topological polar surface area (TPSA) is 36.9 Å². The van der Waals surface area contributed by atoms with Crippen molar-refractivity contribution >= 4 is 0 Å². The summed E-state index contributed by atoms with van der Waals surface area (Å²) in [4.78, 5) is 0. The minimum atomic E-state index is -4.02. The van der Waals surface area contributed by atoms with Crippen LogP contribution in [0, 0.1) is 23.4 Å². The minimum absolute atomic E-state index is 0.0443. The molecule has 156 valence electrons. The number of alkyl halides is 2. The molecular weight excluding hydrogens is 387 g/mol. The average molecular weight is 408 g/mol. The Balaban J connectivity index is 1.55. The van der Waals surface area contributed by atoms with Crippen molar-refractivity contribution in [2.24, 2.45) is 5.92 Å². The molecule has 4 nitrogen and oxygen atoms in total. The highest BCUT2D eigenvalue weighted by atomic mass is 19.3. The molecule has 2 aliphatic heterocycles. The molecule has 2 aliphatic rings. The van der Waals surface area contributed by atoms with E-state index in [1.165, 1.54) is 5.57 Å². The lowest BCUT2D eigenvalue weighted by atomic mass is 9.94. The minimum Gasteiger partial charge on any atom is -0.498 e. The maximum atomic E-state index is 14.2. The second-order valence-electron chi connectivity index (χ2n) is 6.86. The van der Waals surface area contributed by atoms with Gasteiger partial charge in [-0.05, 0) is 24.8 Å². The normalized spacial score (nSPS) is 25.8. The van der Waals surface area contributed by atoms with Gasteiger partial charge in [-0.2, -0.15) is 8.78 Å². The third-order valence-corrected chi connectivity index (χ3v) is 4.67. The monoisotopic (exact) mass is 408 g/mol. The van der Waals surface area contributed by atoms with Crippen molar-refractivity contribution in [3.05, 3.63) is 41.4 Å². The van der Waals surface area contributed by atoms with Crippen LogP contribution in [-0.4, -0.2) is 31.7 Å². The van der Waals surface area contributed by atoms with Crippen molar-refractivity contribution in [2.75, 3.05) is 13.2 Å². The van der Waals surface area contributed by atoms with E-state index in [-0.39, 0.29) is 25.2 Å². The van der Waals surface area contributed by atoms with Gasteiger partial charge in [0.2, 0.25) is 0 Å². The second-order valence-corrected chi connectivity index (χ2v) is 6.86. The predicted molar refractivity (Wildman–Crippen MR) is 88.2 cm³/mol. The molecule has 0 radical (unpaired) electrons. The van der Waals surface area contributed by atoms with Gasteiger partial charge in [-0.25, -0.2) is 13.2 Å². The van der Waals surface area contributed by atoms with Crippen LogP contribution in [0.2, 0.25) is 0 Å². The lowest BCUT2D eigenvalue weighted by Crippen LogP contribution is -2.49. The number of ether oxygens (including phenoxy) is 4. The van der Waals surface area contributed by atoms with Crippen LogP contribution in [0.5, 0.6) is 5.75 Å². The van der Waals surface area contributed by atoms with E-state index in [9.17, 15) is 22.0 Å². The summed E-state index contributed by atoms with van der Waals surface area (Å²) in [6.45, 7) is 1.99. The van der Waals surface area contributed by atoms with Crippen LogP contribution in [0.25, 0.3) is 0 Å². The summed E-state index contributed by atoms with van der Waals surface area (Å²) in [6, 6.07) is 0.655. The van der Waals surface area contributed by atoms with Crippen molar-refractivity contribution in [3.63, 3.8) is 0 Å². The molecule has 0 aliphatic carbocycles. The fourth-order valence-corrected chi connectivity index (χ4v) is 3.21. The van der Waals surface area contributed by atoms with Crippen LogP contribution in [0.4, 0.5) is 22.0 Å². The first-order valence-corrected chi connectivity index (χ1v) is 9.08. The first-order valence-electron chi connectivity index (χ1n) is 9.08. The van der Waals surface area contributed by atoms with Gasteiger partial charge in [-0.1, -0.05) is 13.3 Å². The van der Waals surface area contributed by atoms with Crippen LogP contribution < -0.4 is 4.74 Å². The van der Waals surface area contributed by atoms with Gasteiger partial charge in [-0.15, -0.1) is 0 Å². The van der Waals surface area contributed by atoms with E-state index in [4.69, 9.17) is 14.2 Å². The summed E-state index contributed by atoms with van der Waals surface area (Å²) >= 11 is 0. The molecule has 1 atom stereocenters. The molecule has 0 N–H and O–H groups in total. The lowest BCUT2D eigenvalue weighted by Gasteiger charge is -2.37. The molecule has 2 heterocycles. The Morgan fingerprint density at radius 3 is 2.29 bits per heavy atom. The fraction of sp³-hybridized carbons (Fsp3) is 0.579. The van der Waals surface area contributed by atoms with E-state index in [1.807, 2.05) is 0 Å². The zero-order chi connectivity index (χ0) is 20.3. The molecule has 1 fully saturated rings. The zero-order valence-electron chi connectivity index (χ0n) is 15.2. The Hall–Kier alpha value is -1.87. The average Bonchev–Trinajstić information content (AvgIpc) is 2.67. The van der Waals surface area contributed by atoms with Crippen LogP contribution in [0.1, 0.15) is 32.6 Å². The number of halogens is 5. The SMILES string of the molecule is CCCC1=COC(C2COC(C(F)(F)Oc3cc(F)c(F)c(F)c3)OC2)CC1. The zero-order valence-corrected chi connectivity index (χ0v) is 15.2. The van der Waals surface area contributed by atoms with Gasteiger partial charge in [0, 0.05) is 18.1 Å². The quantitative estimate of drug-likeness (QED) is 0.494. The van der Waals surface area contributed by atoms with Gasteiger partial charge in [0.1, 0.15) is 11.9 Å². The summed E-state index contributed by atoms with van der Waals surface area (Å²) in [5.41, 5.74) is 1.22. The predicted octanol–water partition coefficient (Wildman–Crippen LogP) is 4.93. The van der Waals surface area contributed by atoms with Crippen LogP contribution in [0.3, 0.4) is 0 Å². The van der Waals surface area contributed by atoms with Crippen molar-refractivity contribution in [1.82, 2.24) is 0 Å². The highest BCUT2D eigenvalue weighted by molar-refractivity contribution is 5.25. The number of benzene rings is 1. The smallest absolute Gasteiger partial charge is 0.451 e. The van der Waals surface area contributed by atoms with Crippen molar-refractivity contribution < 1.29 is 40.9 Å². The van der Waals surface area contributed by atoms with E-state index >= 15 is 0 Å². The van der Waals surface area contributed by atoms with E-state index in [0.29, 0.717) is 12.1 Å². The van der Waals surface area contributed by atoms with E-state index in [0.717, 1.165) is 25.7 Å². The Kier molecular flexibility index (Phi) is 6.44. The first kappa shape index (κ1) is 20.9. The molecule has 0 saturated carbocycles. The van der Waals surface area contributed by atoms with Crippen LogP contribution in [0.15, 0.2) is 24.0 Å². The summed E-state index contributed by atoms with van der Waals surface area (Å²) in [6.07, 6.45) is -0.961. The van der Waals surface area contributed by atoms with Gasteiger partial charge in [0.15, 0.2) is 17.5 Å². The number of allylic oxidation sites excluding steroid dienone is 1. The number of hydrogen-bond donors (Lipinski definition) is 0. The molecule has 0 bridgehead atoms. The highest BCUT2D eigenvalue weighted by Gasteiger charge is 2.48. The van der Waals surface area contributed by atoms with Crippen LogP contribution in [-0.2, 0) is 14.2 Å². The molecule has 0 aromatic heterocycles. The van der Waals surface area contributed by atoms with Gasteiger partial charge < -0.3 is 18.9 Å². The Labute approximate surface area is 159 Å². The summed E-state index contributed by atoms with van der Waals surface area (Å²) in [7, 11) is 0. The Morgan fingerprint density at radius 2 is 1.75 bits per heavy atom. The third kappa shape index (κ3) is 4.75. The summed E-state index contributed by atoms with van der Waals surface area (Å²) in [5, 5.41) is 0. The Bertz CT molecular complexity index is 693. The highest BCUT2D eigenvalue weighted by Crippen LogP contribution is 2.34. The summed E-state index contributed by atoms with van der Waals surface area (Å²) < 4.78 is 87.8. The Morgan fingerprint density at radius 1 is 1.11 bits per heavy atom. The molecule has 1 unspecified atom stereocenters. The molecule has 0 amide bonds. The van der Waals surface area contributed by atoms with E-state index in [1.54, 1.807) is 6.26 Å².